The maximum atomic E-state index is 14.0. The van der Waals surface area contributed by atoms with Crippen LogP contribution in [0.15, 0.2) is 215 Å². The van der Waals surface area contributed by atoms with Gasteiger partial charge in [-0.15, -0.1) is 0 Å². The molecule has 12 heteroatoms. The first-order valence-electron chi connectivity index (χ1n) is 21.3. The zero-order chi connectivity index (χ0) is 45.4. The van der Waals surface area contributed by atoms with Gasteiger partial charge in [0, 0.05) is 72.9 Å². The molecule has 9 aromatic carbocycles. The smallest absolute Gasteiger partial charge is 0.456 e. The molecule has 326 valence electrons. The molecular weight excluding hydrogens is 872 g/mol. The van der Waals surface area contributed by atoms with Crippen LogP contribution in [0.1, 0.15) is 0 Å². The molecule has 0 unspecified atom stereocenters. The van der Waals surface area contributed by atoms with E-state index in [1.165, 1.54) is 12.1 Å². The van der Waals surface area contributed by atoms with Gasteiger partial charge in [-0.3, -0.25) is 0 Å². The number of halogens is 3. The number of furan rings is 2. The van der Waals surface area contributed by atoms with Crippen molar-refractivity contribution in [3.8, 4) is 11.4 Å². The number of nitrogens with zero attached hydrogens (tertiary/aromatic N) is 3. The Morgan fingerprint density at radius 1 is 0.433 bits per heavy atom. The molecule has 0 bridgehead atoms. The molecule has 0 aliphatic carbocycles. The number of benzene rings is 9. The standard InChI is InChI=1S/C55H34F3N3O5S/c56-55(57,58)67(62,63)66-41-33-47-46-30-38(59(35-14-4-1-5-15-35)39-24-27-43-42-20-10-12-22-48(42)61(49(43)31-39)37-18-8-3-9-19-37)26-29-52(46)65-54(47)50(34-41)60(36-16-6-2-7-17-36)40-25-28-45-44-21-11-13-23-51(44)64-53(45)32-40/h1-34H. The topological polar surface area (TPSA) is 81.1 Å². The number of hydrogen-bond donors (Lipinski definition) is 0. The van der Waals surface area contributed by atoms with E-state index in [0.717, 1.165) is 49.6 Å². The molecule has 3 aromatic heterocycles. The average molecular weight is 906 g/mol. The summed E-state index contributed by atoms with van der Waals surface area (Å²) in [7, 11) is -6.09. The molecule has 0 N–H and O–H groups in total. The third-order valence-corrected chi connectivity index (χ3v) is 13.1. The highest BCUT2D eigenvalue weighted by molar-refractivity contribution is 7.88. The molecule has 0 saturated carbocycles. The van der Waals surface area contributed by atoms with Gasteiger partial charge >= 0.3 is 15.6 Å². The summed E-state index contributed by atoms with van der Waals surface area (Å²) in [5.41, 5.74) is 3.07. The Morgan fingerprint density at radius 3 is 1.72 bits per heavy atom. The van der Waals surface area contributed by atoms with Crippen molar-refractivity contribution in [3.05, 3.63) is 206 Å². The van der Waals surface area contributed by atoms with Gasteiger partial charge in [0.15, 0.2) is 5.58 Å². The summed E-state index contributed by atoms with van der Waals surface area (Å²) < 4.78 is 87.7. The Kier molecular flexibility index (Phi) is 9.16. The van der Waals surface area contributed by atoms with Gasteiger partial charge < -0.3 is 27.4 Å². The molecule has 0 fully saturated rings. The highest BCUT2D eigenvalue weighted by Crippen LogP contribution is 2.48. The Bertz CT molecular complexity index is 3980. The molecule has 67 heavy (non-hydrogen) atoms. The fourth-order valence-corrected chi connectivity index (χ4v) is 9.63. The molecule has 0 amide bonds. The Morgan fingerprint density at radius 2 is 0.985 bits per heavy atom. The van der Waals surface area contributed by atoms with E-state index >= 15 is 0 Å². The summed E-state index contributed by atoms with van der Waals surface area (Å²) in [6.07, 6.45) is 0. The first kappa shape index (κ1) is 40.1. The maximum Gasteiger partial charge on any atom is 0.534 e. The molecule has 0 atom stereocenters. The van der Waals surface area contributed by atoms with E-state index in [1.54, 1.807) is 4.90 Å². The van der Waals surface area contributed by atoms with E-state index in [1.807, 2.05) is 152 Å². The predicted molar refractivity (Wildman–Crippen MR) is 260 cm³/mol. The molecule has 8 nitrogen and oxygen atoms in total. The lowest BCUT2D eigenvalue weighted by Gasteiger charge is -2.26. The fourth-order valence-electron chi connectivity index (χ4n) is 9.19. The number of hydrogen-bond acceptors (Lipinski definition) is 7. The number of anilines is 6. The van der Waals surface area contributed by atoms with Crippen molar-refractivity contribution in [2.75, 3.05) is 9.80 Å². The molecule has 3 heterocycles. The van der Waals surface area contributed by atoms with Crippen molar-refractivity contribution in [2.24, 2.45) is 0 Å². The van der Waals surface area contributed by atoms with Crippen molar-refractivity contribution in [2.45, 2.75) is 5.51 Å². The van der Waals surface area contributed by atoms with Crippen LogP contribution < -0.4 is 14.0 Å². The first-order chi connectivity index (χ1) is 32.6. The van der Waals surface area contributed by atoms with Gasteiger partial charge in [-0.2, -0.15) is 21.6 Å². The van der Waals surface area contributed by atoms with E-state index in [0.29, 0.717) is 44.6 Å². The number of fused-ring (bicyclic) bond motifs is 9. The summed E-state index contributed by atoms with van der Waals surface area (Å²) in [6.45, 7) is 0. The van der Waals surface area contributed by atoms with Gasteiger partial charge in [-0.25, -0.2) is 0 Å². The maximum absolute atomic E-state index is 14.0. The first-order valence-corrected chi connectivity index (χ1v) is 22.7. The lowest BCUT2D eigenvalue weighted by Crippen LogP contribution is -2.28. The minimum absolute atomic E-state index is 0.225. The van der Waals surface area contributed by atoms with Crippen LogP contribution in [0.4, 0.5) is 47.3 Å². The van der Waals surface area contributed by atoms with E-state index in [9.17, 15) is 21.6 Å². The van der Waals surface area contributed by atoms with Crippen LogP contribution in [0.3, 0.4) is 0 Å². The van der Waals surface area contributed by atoms with Crippen molar-refractivity contribution >= 4 is 110 Å². The average Bonchev–Trinajstić information content (AvgIpc) is 4.01. The molecule has 0 aliphatic rings. The largest absolute Gasteiger partial charge is 0.534 e. The van der Waals surface area contributed by atoms with Crippen LogP contribution in [0.25, 0.3) is 71.4 Å². The van der Waals surface area contributed by atoms with Crippen LogP contribution in [0.5, 0.6) is 5.75 Å². The van der Waals surface area contributed by atoms with Gasteiger partial charge in [-0.05, 0) is 97.1 Å². The number of alkyl halides is 3. The predicted octanol–water partition coefficient (Wildman–Crippen LogP) is 15.8. The molecular formula is C55H34F3N3O5S. The third-order valence-electron chi connectivity index (χ3n) is 12.1. The number of rotatable bonds is 9. The highest BCUT2D eigenvalue weighted by atomic mass is 32.2. The zero-order valence-corrected chi connectivity index (χ0v) is 35.9. The number of aromatic nitrogens is 1. The molecule has 12 rings (SSSR count). The monoisotopic (exact) mass is 905 g/mol. The fraction of sp³-hybridized carbons (Fsp3) is 0.0182. The van der Waals surface area contributed by atoms with Crippen molar-refractivity contribution in [3.63, 3.8) is 0 Å². The van der Waals surface area contributed by atoms with E-state index < -0.39 is 21.4 Å². The van der Waals surface area contributed by atoms with Crippen LogP contribution >= 0.6 is 0 Å². The summed E-state index contributed by atoms with van der Waals surface area (Å²) in [4.78, 5) is 3.88. The Balaban J connectivity index is 1.09. The van der Waals surface area contributed by atoms with Crippen molar-refractivity contribution < 1.29 is 34.6 Å². The van der Waals surface area contributed by atoms with Crippen LogP contribution in [0, 0.1) is 0 Å². The van der Waals surface area contributed by atoms with Crippen LogP contribution in [-0.2, 0) is 10.1 Å². The normalized spacial score (nSPS) is 12.2. The van der Waals surface area contributed by atoms with Crippen LogP contribution in [0.2, 0.25) is 0 Å². The lowest BCUT2D eigenvalue weighted by molar-refractivity contribution is -0.0500. The van der Waals surface area contributed by atoms with Crippen LogP contribution in [-0.4, -0.2) is 18.5 Å². The molecule has 12 aromatic rings. The van der Waals surface area contributed by atoms with Gasteiger partial charge in [0.25, 0.3) is 0 Å². The van der Waals surface area contributed by atoms with Gasteiger partial charge in [0.05, 0.1) is 22.4 Å². The van der Waals surface area contributed by atoms with Gasteiger partial charge in [0.1, 0.15) is 22.5 Å². The second-order valence-corrected chi connectivity index (χ2v) is 17.6. The highest BCUT2D eigenvalue weighted by Gasteiger charge is 2.48. The van der Waals surface area contributed by atoms with Crippen molar-refractivity contribution in [1.29, 1.82) is 0 Å². The minimum atomic E-state index is -6.09. The summed E-state index contributed by atoms with van der Waals surface area (Å²) in [5, 5.41) is 4.79. The SMILES string of the molecule is O=S(=O)(Oc1cc(N(c2ccccc2)c2ccc3c(c2)oc2ccccc23)c2oc3ccc(N(c4ccccc4)c4ccc5c6ccccc6n(-c6ccccc6)c5c4)cc3c2c1)C(F)(F)F. The molecule has 0 saturated heterocycles. The molecule has 0 aliphatic heterocycles. The minimum Gasteiger partial charge on any atom is -0.456 e. The van der Waals surface area contributed by atoms with E-state index in [-0.39, 0.29) is 11.3 Å². The second kappa shape index (κ2) is 15.3. The zero-order valence-electron chi connectivity index (χ0n) is 35.1. The lowest BCUT2D eigenvalue weighted by atomic mass is 10.1. The third kappa shape index (κ3) is 6.71. The van der Waals surface area contributed by atoms with E-state index in [2.05, 4.69) is 51.9 Å². The summed E-state index contributed by atoms with van der Waals surface area (Å²) >= 11 is 0. The Labute approximate surface area is 380 Å². The van der Waals surface area contributed by atoms with Gasteiger partial charge in [-0.1, -0.05) is 97.1 Å². The van der Waals surface area contributed by atoms with Crippen molar-refractivity contribution in [1.82, 2.24) is 4.57 Å². The Hall–Kier alpha value is -8.48. The second-order valence-electron chi connectivity index (χ2n) is 16.1. The quantitative estimate of drug-likeness (QED) is 0.105. The number of para-hydroxylation sites is 5. The van der Waals surface area contributed by atoms with E-state index in [4.69, 9.17) is 13.0 Å². The molecule has 0 spiro atoms. The summed E-state index contributed by atoms with van der Waals surface area (Å²) in [5.74, 6) is -0.558. The molecule has 0 radical (unpaired) electrons. The summed E-state index contributed by atoms with van der Waals surface area (Å²) in [6, 6.07) is 65.2. The van der Waals surface area contributed by atoms with Gasteiger partial charge in [0.2, 0.25) is 0 Å².